The van der Waals surface area contributed by atoms with Gasteiger partial charge in [0, 0.05) is 5.56 Å². The molecular formula is C16H22N2O2. The maximum atomic E-state index is 12.1. The predicted octanol–water partition coefficient (Wildman–Crippen LogP) is 2.34. The van der Waals surface area contributed by atoms with Crippen LogP contribution in [0, 0.1) is 0 Å². The average Bonchev–Trinajstić information content (AvgIpc) is 2.92. The number of carbonyl (C=O) groups is 2. The van der Waals surface area contributed by atoms with E-state index in [1.165, 1.54) is 31.2 Å². The van der Waals surface area contributed by atoms with Crippen LogP contribution < -0.4 is 11.1 Å². The number of benzene rings is 1. The van der Waals surface area contributed by atoms with Gasteiger partial charge in [0.1, 0.15) is 5.54 Å². The summed E-state index contributed by atoms with van der Waals surface area (Å²) in [7, 11) is 0. The molecule has 0 heterocycles. The van der Waals surface area contributed by atoms with E-state index < -0.39 is 11.4 Å². The highest BCUT2D eigenvalue weighted by Crippen LogP contribution is 2.33. The Kier molecular flexibility index (Phi) is 4.12. The number of hydrogen-bond acceptors (Lipinski definition) is 2. The van der Waals surface area contributed by atoms with Crippen molar-refractivity contribution < 1.29 is 9.59 Å². The van der Waals surface area contributed by atoms with Gasteiger partial charge < -0.3 is 11.1 Å². The van der Waals surface area contributed by atoms with Crippen molar-refractivity contribution in [2.75, 3.05) is 0 Å². The zero-order chi connectivity index (χ0) is 14.8. The summed E-state index contributed by atoms with van der Waals surface area (Å²) in [6.45, 7) is 3.19. The molecule has 108 valence electrons. The fourth-order valence-electron chi connectivity index (χ4n) is 2.58. The lowest BCUT2D eigenvalue weighted by Crippen LogP contribution is -2.52. The van der Waals surface area contributed by atoms with E-state index in [4.69, 9.17) is 5.73 Å². The number of hydrogen-bond donors (Lipinski definition) is 2. The Morgan fingerprint density at radius 2 is 1.70 bits per heavy atom. The van der Waals surface area contributed by atoms with Gasteiger partial charge in [0.25, 0.3) is 5.91 Å². The minimum absolute atomic E-state index is 0.272. The highest BCUT2D eigenvalue weighted by Gasteiger charge is 2.27. The summed E-state index contributed by atoms with van der Waals surface area (Å²) in [5.41, 5.74) is 6.07. The van der Waals surface area contributed by atoms with E-state index >= 15 is 0 Å². The summed E-state index contributed by atoms with van der Waals surface area (Å²) in [6, 6.07) is 7.67. The second-order valence-corrected chi connectivity index (χ2v) is 6.05. The monoisotopic (exact) mass is 274 g/mol. The number of carbonyl (C=O) groups excluding carboxylic acids is 2. The summed E-state index contributed by atoms with van der Waals surface area (Å²) >= 11 is 0. The molecule has 20 heavy (non-hydrogen) atoms. The van der Waals surface area contributed by atoms with Crippen LogP contribution in [0.25, 0.3) is 0 Å². The average molecular weight is 274 g/mol. The van der Waals surface area contributed by atoms with E-state index in [0.717, 1.165) is 0 Å². The number of amides is 2. The molecule has 0 aromatic heterocycles. The van der Waals surface area contributed by atoms with Crippen LogP contribution in [0.5, 0.6) is 0 Å². The van der Waals surface area contributed by atoms with Crippen LogP contribution in [0.4, 0.5) is 0 Å². The van der Waals surface area contributed by atoms with Crippen LogP contribution in [0.1, 0.15) is 61.4 Å². The molecule has 0 bridgehead atoms. The third-order valence-corrected chi connectivity index (χ3v) is 4.04. The van der Waals surface area contributed by atoms with E-state index in [9.17, 15) is 9.59 Å². The van der Waals surface area contributed by atoms with E-state index in [1.807, 2.05) is 24.3 Å². The molecule has 4 heteroatoms. The first-order valence-electron chi connectivity index (χ1n) is 7.12. The minimum atomic E-state index is -1.04. The first-order valence-corrected chi connectivity index (χ1v) is 7.12. The molecule has 1 aromatic carbocycles. The van der Waals surface area contributed by atoms with Gasteiger partial charge in [-0.15, -0.1) is 0 Å². The Hall–Kier alpha value is -1.84. The minimum Gasteiger partial charge on any atom is -0.368 e. The number of nitrogens with one attached hydrogen (secondary N) is 1. The standard InChI is InChI=1S/C16H22N2O2/c1-16(2,15(17)20)18-14(19)13-9-7-12(8-10-13)11-5-3-4-6-11/h7-11H,3-6H2,1-2H3,(H2,17,20)(H,18,19). The van der Waals surface area contributed by atoms with Crippen molar-refractivity contribution in [3.05, 3.63) is 35.4 Å². The van der Waals surface area contributed by atoms with Gasteiger partial charge in [-0.05, 0) is 50.3 Å². The van der Waals surface area contributed by atoms with E-state index in [0.29, 0.717) is 11.5 Å². The summed E-state index contributed by atoms with van der Waals surface area (Å²) in [5.74, 6) is -0.186. The summed E-state index contributed by atoms with van der Waals surface area (Å²) in [6.07, 6.45) is 5.06. The van der Waals surface area contributed by atoms with Gasteiger partial charge in [0.2, 0.25) is 5.91 Å². The molecule has 0 aliphatic heterocycles. The van der Waals surface area contributed by atoms with Crippen molar-refractivity contribution in [3.63, 3.8) is 0 Å². The smallest absolute Gasteiger partial charge is 0.252 e. The third-order valence-electron chi connectivity index (χ3n) is 4.04. The Balaban J connectivity index is 2.06. The third kappa shape index (κ3) is 3.18. The lowest BCUT2D eigenvalue weighted by molar-refractivity contribution is -0.122. The molecule has 1 aromatic rings. The fraction of sp³-hybridized carbons (Fsp3) is 0.500. The molecule has 1 saturated carbocycles. The maximum Gasteiger partial charge on any atom is 0.252 e. The topological polar surface area (TPSA) is 72.2 Å². The van der Waals surface area contributed by atoms with Gasteiger partial charge in [-0.3, -0.25) is 9.59 Å². The highest BCUT2D eigenvalue weighted by atomic mass is 16.2. The maximum absolute atomic E-state index is 12.1. The van der Waals surface area contributed by atoms with Gasteiger partial charge in [-0.25, -0.2) is 0 Å². The molecule has 1 aliphatic rings. The molecule has 2 rings (SSSR count). The Morgan fingerprint density at radius 3 is 2.20 bits per heavy atom. The summed E-state index contributed by atoms with van der Waals surface area (Å²) in [5, 5.41) is 2.65. The normalized spacial score (nSPS) is 16.1. The van der Waals surface area contributed by atoms with Crippen molar-refractivity contribution in [3.8, 4) is 0 Å². The van der Waals surface area contributed by atoms with Crippen molar-refractivity contribution in [2.45, 2.75) is 51.0 Å². The Bertz CT molecular complexity index is 500. The first-order chi connectivity index (χ1) is 9.40. The second kappa shape index (κ2) is 5.65. The Morgan fingerprint density at radius 1 is 1.15 bits per heavy atom. The van der Waals surface area contributed by atoms with Crippen LogP contribution >= 0.6 is 0 Å². The largest absolute Gasteiger partial charge is 0.368 e. The lowest BCUT2D eigenvalue weighted by Gasteiger charge is -2.22. The van der Waals surface area contributed by atoms with Crippen LogP contribution in [-0.2, 0) is 4.79 Å². The fourth-order valence-corrected chi connectivity index (χ4v) is 2.58. The van der Waals surface area contributed by atoms with Gasteiger partial charge in [0.05, 0.1) is 0 Å². The van der Waals surface area contributed by atoms with Gasteiger partial charge in [-0.1, -0.05) is 25.0 Å². The zero-order valence-corrected chi connectivity index (χ0v) is 12.1. The predicted molar refractivity (Wildman–Crippen MR) is 78.4 cm³/mol. The summed E-state index contributed by atoms with van der Waals surface area (Å²) < 4.78 is 0. The van der Waals surface area contributed by atoms with Crippen molar-refractivity contribution in [1.82, 2.24) is 5.32 Å². The molecule has 2 amide bonds. The van der Waals surface area contributed by atoms with E-state index in [2.05, 4.69) is 5.32 Å². The zero-order valence-electron chi connectivity index (χ0n) is 12.1. The molecule has 0 atom stereocenters. The molecule has 0 unspecified atom stereocenters. The van der Waals surface area contributed by atoms with Crippen LogP contribution in [-0.4, -0.2) is 17.4 Å². The second-order valence-electron chi connectivity index (χ2n) is 6.05. The number of primary amides is 1. The van der Waals surface area contributed by atoms with Crippen LogP contribution in [0.3, 0.4) is 0 Å². The van der Waals surface area contributed by atoms with Crippen molar-refractivity contribution in [1.29, 1.82) is 0 Å². The number of rotatable bonds is 4. The summed E-state index contributed by atoms with van der Waals surface area (Å²) in [4.78, 5) is 23.3. The van der Waals surface area contributed by atoms with Crippen LogP contribution in [0.15, 0.2) is 24.3 Å². The molecule has 1 fully saturated rings. The first kappa shape index (κ1) is 14.6. The Labute approximate surface area is 119 Å². The molecule has 0 radical (unpaired) electrons. The molecular weight excluding hydrogens is 252 g/mol. The van der Waals surface area contributed by atoms with Gasteiger partial charge in [0.15, 0.2) is 0 Å². The molecule has 4 nitrogen and oxygen atoms in total. The highest BCUT2D eigenvalue weighted by molar-refractivity contribution is 5.98. The van der Waals surface area contributed by atoms with E-state index in [1.54, 1.807) is 13.8 Å². The molecule has 3 N–H and O–H groups in total. The quantitative estimate of drug-likeness (QED) is 0.884. The van der Waals surface area contributed by atoms with Gasteiger partial charge in [-0.2, -0.15) is 0 Å². The molecule has 0 saturated heterocycles. The number of nitrogens with two attached hydrogens (primary N) is 1. The van der Waals surface area contributed by atoms with Crippen molar-refractivity contribution in [2.24, 2.45) is 5.73 Å². The SMILES string of the molecule is CC(C)(NC(=O)c1ccc(C2CCCC2)cc1)C(N)=O. The van der Waals surface area contributed by atoms with Gasteiger partial charge >= 0.3 is 0 Å². The van der Waals surface area contributed by atoms with Crippen molar-refractivity contribution >= 4 is 11.8 Å². The molecule has 0 spiro atoms. The van der Waals surface area contributed by atoms with E-state index in [-0.39, 0.29) is 5.91 Å². The lowest BCUT2D eigenvalue weighted by atomic mass is 9.96. The molecule has 1 aliphatic carbocycles. The van der Waals surface area contributed by atoms with Crippen LogP contribution in [0.2, 0.25) is 0 Å².